The fourth-order valence-corrected chi connectivity index (χ4v) is 1.65. The standard InChI is InChI=1S/C10H22O3P.CH4/c1-3-5-7-9-12-14(11)13-10-8-6-4-2;/h3-10H2,1-2H3;1H4/q+1;. The Hall–Kier alpha value is 0.0200. The van der Waals surface area contributed by atoms with Crippen LogP contribution in [0, 0.1) is 0 Å². The van der Waals surface area contributed by atoms with Crippen molar-refractivity contribution >= 4 is 8.25 Å². The zero-order valence-corrected chi connectivity index (χ0v) is 10.2. The van der Waals surface area contributed by atoms with Crippen molar-refractivity contribution in [1.82, 2.24) is 0 Å². The Kier molecular flexibility index (Phi) is 16.3. The van der Waals surface area contributed by atoms with Gasteiger partial charge in [-0.05, 0) is 12.8 Å². The van der Waals surface area contributed by atoms with Crippen molar-refractivity contribution < 1.29 is 13.6 Å². The van der Waals surface area contributed by atoms with Crippen molar-refractivity contribution in [2.75, 3.05) is 13.2 Å². The van der Waals surface area contributed by atoms with Crippen LogP contribution in [0.3, 0.4) is 0 Å². The van der Waals surface area contributed by atoms with Gasteiger partial charge >= 0.3 is 8.25 Å². The van der Waals surface area contributed by atoms with E-state index in [0.717, 1.165) is 38.5 Å². The third kappa shape index (κ3) is 14.0. The molecule has 0 N–H and O–H groups in total. The third-order valence-corrected chi connectivity index (χ3v) is 2.68. The van der Waals surface area contributed by atoms with Crippen molar-refractivity contribution in [3.8, 4) is 0 Å². The van der Waals surface area contributed by atoms with Gasteiger partial charge in [0.15, 0.2) is 0 Å². The van der Waals surface area contributed by atoms with Gasteiger partial charge in [-0.25, -0.2) is 0 Å². The Morgan fingerprint density at radius 3 is 1.60 bits per heavy atom. The van der Waals surface area contributed by atoms with E-state index in [9.17, 15) is 4.57 Å². The molecule has 0 rings (SSSR count). The summed E-state index contributed by atoms with van der Waals surface area (Å²) >= 11 is 0. The van der Waals surface area contributed by atoms with Crippen LogP contribution < -0.4 is 0 Å². The van der Waals surface area contributed by atoms with E-state index in [1.165, 1.54) is 0 Å². The van der Waals surface area contributed by atoms with Gasteiger partial charge < -0.3 is 0 Å². The lowest BCUT2D eigenvalue weighted by molar-refractivity contribution is 0.219. The van der Waals surface area contributed by atoms with Gasteiger partial charge in [0.2, 0.25) is 0 Å². The van der Waals surface area contributed by atoms with Crippen LogP contribution in [-0.2, 0) is 13.6 Å². The van der Waals surface area contributed by atoms with Crippen LogP contribution in [-0.4, -0.2) is 13.2 Å². The number of hydrogen-bond acceptors (Lipinski definition) is 3. The normalized spacial score (nSPS) is 9.73. The van der Waals surface area contributed by atoms with Gasteiger partial charge in [0.1, 0.15) is 13.2 Å². The third-order valence-electron chi connectivity index (χ3n) is 1.89. The van der Waals surface area contributed by atoms with Gasteiger partial charge in [-0.15, -0.1) is 9.05 Å². The summed E-state index contributed by atoms with van der Waals surface area (Å²) < 4.78 is 21.1. The van der Waals surface area contributed by atoms with E-state index in [4.69, 9.17) is 9.05 Å². The first-order valence-corrected chi connectivity index (χ1v) is 6.63. The van der Waals surface area contributed by atoms with Gasteiger partial charge in [0, 0.05) is 4.57 Å². The molecule has 0 aliphatic carbocycles. The predicted molar refractivity (Wildman–Crippen MR) is 65.3 cm³/mol. The zero-order valence-electron chi connectivity index (χ0n) is 9.33. The summed E-state index contributed by atoms with van der Waals surface area (Å²) in [7, 11) is -1.86. The highest BCUT2D eigenvalue weighted by molar-refractivity contribution is 7.33. The molecule has 0 aliphatic rings. The van der Waals surface area contributed by atoms with Crippen molar-refractivity contribution in [2.45, 2.75) is 59.8 Å². The van der Waals surface area contributed by atoms with Crippen LogP contribution in [0.1, 0.15) is 59.8 Å². The fraction of sp³-hybridized carbons (Fsp3) is 1.00. The molecule has 0 unspecified atom stereocenters. The molecule has 3 nitrogen and oxygen atoms in total. The van der Waals surface area contributed by atoms with Crippen LogP contribution >= 0.6 is 8.25 Å². The van der Waals surface area contributed by atoms with Crippen molar-refractivity contribution in [3.63, 3.8) is 0 Å². The van der Waals surface area contributed by atoms with Gasteiger partial charge in [-0.3, -0.25) is 0 Å². The summed E-state index contributed by atoms with van der Waals surface area (Å²) in [5, 5.41) is 0. The molecule has 4 heteroatoms. The number of rotatable bonds is 10. The van der Waals surface area contributed by atoms with Gasteiger partial charge in [0.05, 0.1) is 0 Å². The highest BCUT2D eigenvalue weighted by atomic mass is 31.1. The molecule has 0 bridgehead atoms. The maximum Gasteiger partial charge on any atom is 0.697 e. The summed E-state index contributed by atoms with van der Waals surface area (Å²) in [6.45, 7) is 5.36. The van der Waals surface area contributed by atoms with Crippen molar-refractivity contribution in [3.05, 3.63) is 0 Å². The van der Waals surface area contributed by atoms with Crippen LogP contribution in [0.2, 0.25) is 0 Å². The zero-order chi connectivity index (χ0) is 10.6. The first kappa shape index (κ1) is 17.4. The lowest BCUT2D eigenvalue weighted by Crippen LogP contribution is -1.91. The molecule has 0 aliphatic heterocycles. The highest BCUT2D eigenvalue weighted by Crippen LogP contribution is 2.24. The molecule has 0 amide bonds. The molecule has 15 heavy (non-hydrogen) atoms. The molecular weight excluding hydrogens is 211 g/mol. The smallest absolute Gasteiger partial charge is 0.119 e. The molecule has 0 atom stereocenters. The Labute approximate surface area is 95.5 Å². The summed E-state index contributed by atoms with van der Waals surface area (Å²) in [4.78, 5) is 0. The van der Waals surface area contributed by atoms with E-state index in [1.807, 2.05) is 0 Å². The van der Waals surface area contributed by atoms with E-state index in [1.54, 1.807) is 0 Å². The van der Waals surface area contributed by atoms with Gasteiger partial charge in [-0.2, -0.15) is 0 Å². The monoisotopic (exact) mass is 237 g/mol. The Morgan fingerprint density at radius 2 is 1.27 bits per heavy atom. The average molecular weight is 237 g/mol. The molecule has 0 aromatic carbocycles. The van der Waals surface area contributed by atoms with Crippen molar-refractivity contribution in [2.24, 2.45) is 0 Å². The maximum atomic E-state index is 11.1. The second kappa shape index (κ2) is 14.0. The summed E-state index contributed by atoms with van der Waals surface area (Å²) in [6.07, 6.45) is 6.48. The fourth-order valence-electron chi connectivity index (χ4n) is 1.02. The summed E-state index contributed by atoms with van der Waals surface area (Å²) in [5.41, 5.74) is 0. The molecule has 0 radical (unpaired) electrons. The quantitative estimate of drug-likeness (QED) is 0.408. The molecule has 0 saturated heterocycles. The van der Waals surface area contributed by atoms with Gasteiger partial charge in [-0.1, -0.05) is 47.0 Å². The first-order valence-electron chi connectivity index (χ1n) is 5.54. The predicted octanol–water partition coefficient (Wildman–Crippen LogP) is 4.69. The van der Waals surface area contributed by atoms with Crippen LogP contribution in [0.25, 0.3) is 0 Å². The average Bonchev–Trinajstić information content (AvgIpc) is 2.19. The summed E-state index contributed by atoms with van der Waals surface area (Å²) in [6, 6.07) is 0. The molecule has 0 saturated carbocycles. The SMILES string of the molecule is C.CCCCCO[P+](=O)OCCCCC. The van der Waals surface area contributed by atoms with E-state index in [-0.39, 0.29) is 7.43 Å². The number of unbranched alkanes of at least 4 members (excludes halogenated alkanes) is 4. The van der Waals surface area contributed by atoms with Gasteiger partial charge in [0.25, 0.3) is 0 Å². The Balaban J connectivity index is 0. The van der Waals surface area contributed by atoms with Crippen LogP contribution in [0.15, 0.2) is 0 Å². The molecule has 0 aromatic rings. The first-order chi connectivity index (χ1) is 6.81. The Morgan fingerprint density at radius 1 is 0.867 bits per heavy atom. The minimum Gasteiger partial charge on any atom is -0.119 e. The largest absolute Gasteiger partial charge is 0.697 e. The molecule has 0 aromatic heterocycles. The molecule has 0 spiro atoms. The molecule has 0 fully saturated rings. The molecule has 0 heterocycles. The second-order valence-corrected chi connectivity index (χ2v) is 4.27. The highest BCUT2D eigenvalue weighted by Gasteiger charge is 2.18. The van der Waals surface area contributed by atoms with Crippen molar-refractivity contribution in [1.29, 1.82) is 0 Å². The van der Waals surface area contributed by atoms with E-state index >= 15 is 0 Å². The topological polar surface area (TPSA) is 35.5 Å². The second-order valence-electron chi connectivity index (χ2n) is 3.30. The Bertz CT molecular complexity index is 126. The van der Waals surface area contributed by atoms with E-state index in [2.05, 4.69) is 13.8 Å². The lowest BCUT2D eigenvalue weighted by atomic mass is 10.3. The summed E-state index contributed by atoms with van der Waals surface area (Å²) in [5.74, 6) is 0. The maximum absolute atomic E-state index is 11.1. The number of hydrogen-bond donors (Lipinski definition) is 0. The molecule has 92 valence electrons. The lowest BCUT2D eigenvalue weighted by Gasteiger charge is -1.92. The van der Waals surface area contributed by atoms with Crippen LogP contribution in [0.5, 0.6) is 0 Å². The minimum atomic E-state index is -1.86. The van der Waals surface area contributed by atoms with E-state index in [0.29, 0.717) is 13.2 Å². The molecular formula is C11H26O3P+. The minimum absolute atomic E-state index is 0. The van der Waals surface area contributed by atoms with E-state index < -0.39 is 8.25 Å². The van der Waals surface area contributed by atoms with Crippen LogP contribution in [0.4, 0.5) is 0 Å².